The Labute approximate surface area is 235 Å². The maximum absolute atomic E-state index is 12.7. The highest BCUT2D eigenvalue weighted by molar-refractivity contribution is 7.91. The van der Waals surface area contributed by atoms with E-state index in [1.165, 1.54) is 12.1 Å². The summed E-state index contributed by atoms with van der Waals surface area (Å²) in [6, 6.07) is 16.7. The van der Waals surface area contributed by atoms with E-state index in [-0.39, 0.29) is 23.0 Å². The fourth-order valence-corrected chi connectivity index (χ4v) is 6.15. The molecule has 1 aliphatic rings. The number of hydrogen-bond acceptors (Lipinski definition) is 6. The number of nitrogens with one attached hydrogen (secondary N) is 1. The number of nitrogens with zero attached hydrogens (tertiary/aromatic N) is 2. The molecule has 1 aliphatic carbocycles. The lowest BCUT2D eigenvalue weighted by Crippen LogP contribution is -2.16. The second-order valence-electron chi connectivity index (χ2n) is 9.09. The minimum atomic E-state index is -3.30. The molecule has 1 amide bonds. The molecule has 196 valence electrons. The van der Waals surface area contributed by atoms with E-state index >= 15 is 0 Å². The number of anilines is 1. The second-order valence-corrected chi connectivity index (χ2v) is 12.6. The van der Waals surface area contributed by atoms with Gasteiger partial charge in [-0.2, -0.15) is 0 Å². The van der Waals surface area contributed by atoms with E-state index in [0.29, 0.717) is 43.7 Å². The van der Waals surface area contributed by atoms with Gasteiger partial charge in [-0.05, 0) is 66.9 Å². The van der Waals surface area contributed by atoms with Crippen LogP contribution in [0.5, 0.6) is 0 Å². The van der Waals surface area contributed by atoms with E-state index in [4.69, 9.17) is 39.2 Å². The zero-order chi connectivity index (χ0) is 27.1. The highest BCUT2D eigenvalue weighted by atomic mass is 35.5. The summed E-state index contributed by atoms with van der Waals surface area (Å²) in [4.78, 5) is 12.9. The molecule has 1 aromatic heterocycles. The molecular weight excluding hydrogens is 569 g/mol. The Morgan fingerprint density at radius 2 is 1.61 bits per heavy atom. The van der Waals surface area contributed by atoms with Crippen molar-refractivity contribution in [1.82, 2.24) is 10.2 Å². The average molecular weight is 591 g/mol. The van der Waals surface area contributed by atoms with E-state index in [9.17, 15) is 13.2 Å². The van der Waals surface area contributed by atoms with Gasteiger partial charge in [-0.15, -0.1) is 10.2 Å². The molecule has 0 atom stereocenters. The number of hydrogen-bond donors (Lipinski definition) is 1. The van der Waals surface area contributed by atoms with Crippen molar-refractivity contribution < 1.29 is 17.6 Å². The van der Waals surface area contributed by atoms with Crippen LogP contribution in [-0.2, 0) is 26.5 Å². The molecule has 38 heavy (non-hydrogen) atoms. The summed E-state index contributed by atoms with van der Waals surface area (Å²) in [5.74, 6) is 0.527. The summed E-state index contributed by atoms with van der Waals surface area (Å²) < 4.78 is 30.0. The third-order valence-electron chi connectivity index (χ3n) is 6.51. The predicted molar refractivity (Wildman–Crippen MR) is 148 cm³/mol. The Hall–Kier alpha value is -2.91. The largest absolute Gasteiger partial charge is 0.420 e. The molecule has 1 N–H and O–H groups in total. The van der Waals surface area contributed by atoms with Gasteiger partial charge >= 0.3 is 0 Å². The van der Waals surface area contributed by atoms with Crippen molar-refractivity contribution in [2.75, 3.05) is 11.1 Å². The van der Waals surface area contributed by atoms with Crippen LogP contribution >= 0.6 is 34.8 Å². The van der Waals surface area contributed by atoms with Crippen molar-refractivity contribution in [1.29, 1.82) is 0 Å². The number of carbonyl (C=O) groups is 1. The van der Waals surface area contributed by atoms with Crippen LogP contribution in [0.1, 0.15) is 36.8 Å². The fraction of sp³-hybridized carbons (Fsp3) is 0.222. The molecule has 0 bridgehead atoms. The quantitative estimate of drug-likeness (QED) is 0.243. The van der Waals surface area contributed by atoms with Gasteiger partial charge in [0.05, 0.1) is 22.5 Å². The van der Waals surface area contributed by atoms with Crippen LogP contribution in [0.2, 0.25) is 15.1 Å². The Morgan fingerprint density at radius 1 is 0.974 bits per heavy atom. The molecule has 0 spiro atoms. The molecule has 11 heteroatoms. The van der Waals surface area contributed by atoms with Crippen LogP contribution < -0.4 is 5.32 Å². The van der Waals surface area contributed by atoms with Gasteiger partial charge < -0.3 is 9.73 Å². The normalized spacial score (nSPS) is 14.3. The Morgan fingerprint density at radius 3 is 2.18 bits per heavy atom. The van der Waals surface area contributed by atoms with Gasteiger partial charge in [0.25, 0.3) is 0 Å². The van der Waals surface area contributed by atoms with E-state index in [1.807, 2.05) is 0 Å². The van der Waals surface area contributed by atoms with E-state index < -0.39 is 15.3 Å². The summed E-state index contributed by atoms with van der Waals surface area (Å²) >= 11 is 19.3. The number of amides is 1. The van der Waals surface area contributed by atoms with E-state index in [0.717, 1.165) is 18.4 Å². The molecule has 0 saturated heterocycles. The van der Waals surface area contributed by atoms with Crippen LogP contribution in [-0.4, -0.2) is 30.3 Å². The lowest BCUT2D eigenvalue weighted by atomic mass is 9.95. The molecule has 1 fully saturated rings. The van der Waals surface area contributed by atoms with Crippen LogP contribution in [0.25, 0.3) is 11.5 Å². The second kappa shape index (κ2) is 10.3. The molecule has 7 nitrogen and oxygen atoms in total. The van der Waals surface area contributed by atoms with Crippen molar-refractivity contribution in [3.05, 3.63) is 92.7 Å². The Bertz CT molecular complexity index is 1590. The molecule has 1 heterocycles. The van der Waals surface area contributed by atoms with E-state index in [2.05, 4.69) is 15.5 Å². The molecule has 4 aromatic rings. The van der Waals surface area contributed by atoms with Crippen molar-refractivity contribution >= 4 is 56.2 Å². The fourth-order valence-electron chi connectivity index (χ4n) is 4.30. The summed E-state index contributed by atoms with van der Waals surface area (Å²) in [6.45, 7) is 1.59. The first-order valence-electron chi connectivity index (χ1n) is 11.8. The molecular formula is C27H22Cl3N3O4S. The summed E-state index contributed by atoms with van der Waals surface area (Å²) in [6.07, 6.45) is 1.54. The minimum absolute atomic E-state index is 0.0155. The van der Waals surface area contributed by atoms with Gasteiger partial charge in [-0.3, -0.25) is 4.79 Å². The lowest BCUT2D eigenvalue weighted by molar-refractivity contribution is -0.115. The van der Waals surface area contributed by atoms with Gasteiger partial charge in [0.2, 0.25) is 17.7 Å². The van der Waals surface area contributed by atoms with Gasteiger partial charge in [0.1, 0.15) is 0 Å². The standard InChI is InChI=1S/C27H22Cl3N3O4S/c1-2-38(35,36)20-9-3-16(4-10-20)13-23(34)31-19-14-21(29)24(22(30)15-19)27(11-12-27)26-33-32-25(37-26)17-5-7-18(28)8-6-17/h3-10,14-15H,2,11-13H2,1H3,(H,31,34). The number of benzene rings is 3. The average Bonchev–Trinajstić information content (AvgIpc) is 3.51. The zero-order valence-corrected chi connectivity index (χ0v) is 23.3. The first kappa shape index (κ1) is 26.7. The number of aromatic nitrogens is 2. The van der Waals surface area contributed by atoms with Crippen LogP contribution in [0.3, 0.4) is 0 Å². The smallest absolute Gasteiger partial charge is 0.247 e. The molecule has 1 saturated carbocycles. The Kier molecular flexibility index (Phi) is 7.26. The minimum Gasteiger partial charge on any atom is -0.420 e. The number of sulfone groups is 1. The summed E-state index contributed by atoms with van der Waals surface area (Å²) in [5.41, 5.74) is 1.96. The van der Waals surface area contributed by atoms with Crippen LogP contribution in [0, 0.1) is 0 Å². The first-order chi connectivity index (χ1) is 18.1. The number of carbonyl (C=O) groups excluding carboxylic acids is 1. The molecule has 3 aromatic carbocycles. The maximum atomic E-state index is 12.7. The lowest BCUT2D eigenvalue weighted by Gasteiger charge is -2.17. The van der Waals surface area contributed by atoms with Gasteiger partial charge in [-0.1, -0.05) is 53.9 Å². The first-order valence-corrected chi connectivity index (χ1v) is 14.6. The molecule has 5 rings (SSSR count). The Balaban J connectivity index is 1.32. The predicted octanol–water partition coefficient (Wildman–Crippen LogP) is 6.75. The molecule has 0 unspecified atom stereocenters. The SMILES string of the molecule is CCS(=O)(=O)c1ccc(CC(=O)Nc2cc(Cl)c(C3(c4nnc(-c5ccc(Cl)cc5)o4)CC3)c(Cl)c2)cc1. The maximum Gasteiger partial charge on any atom is 0.247 e. The van der Waals surface area contributed by atoms with Crippen molar-refractivity contribution in [2.45, 2.75) is 36.5 Å². The third-order valence-corrected chi connectivity index (χ3v) is 9.11. The van der Waals surface area contributed by atoms with Crippen molar-refractivity contribution in [3.63, 3.8) is 0 Å². The zero-order valence-electron chi connectivity index (χ0n) is 20.2. The highest BCUT2D eigenvalue weighted by Crippen LogP contribution is 2.57. The van der Waals surface area contributed by atoms with Gasteiger partial charge in [0.15, 0.2) is 9.84 Å². The molecule has 0 radical (unpaired) electrons. The topological polar surface area (TPSA) is 102 Å². The number of rotatable bonds is 8. The summed E-state index contributed by atoms with van der Waals surface area (Å²) in [5, 5.41) is 12.6. The molecule has 0 aliphatic heterocycles. The van der Waals surface area contributed by atoms with Crippen molar-refractivity contribution in [2.24, 2.45) is 0 Å². The third kappa shape index (κ3) is 5.31. The van der Waals surface area contributed by atoms with Crippen LogP contribution in [0.4, 0.5) is 5.69 Å². The van der Waals surface area contributed by atoms with E-state index in [1.54, 1.807) is 55.5 Å². The van der Waals surface area contributed by atoms with Crippen LogP contribution in [0.15, 0.2) is 70.0 Å². The van der Waals surface area contributed by atoms with Crippen molar-refractivity contribution in [3.8, 4) is 11.5 Å². The number of halogens is 3. The monoisotopic (exact) mass is 589 g/mol. The highest BCUT2D eigenvalue weighted by Gasteiger charge is 2.53. The van der Waals surface area contributed by atoms with Gasteiger partial charge in [0, 0.05) is 31.9 Å². The van der Waals surface area contributed by atoms with Gasteiger partial charge in [-0.25, -0.2) is 8.42 Å². The summed E-state index contributed by atoms with van der Waals surface area (Å²) in [7, 11) is -3.30.